The molecule has 1 atom stereocenters. The van der Waals surface area contributed by atoms with Gasteiger partial charge < -0.3 is 19.7 Å². The number of carbonyl (C=O) groups excluding carboxylic acids is 2. The Kier molecular flexibility index (Phi) is 3.78. The SMILES string of the molecule is CCc1oc(C(=O)NC2CC(=O)N(C)C2)cc1C(=O)O. The molecule has 108 valence electrons. The van der Waals surface area contributed by atoms with Gasteiger partial charge in [-0.3, -0.25) is 9.59 Å². The molecule has 0 spiro atoms. The zero-order valence-electron chi connectivity index (χ0n) is 11.3. The van der Waals surface area contributed by atoms with Gasteiger partial charge in [-0.15, -0.1) is 0 Å². The molecule has 0 aromatic carbocycles. The van der Waals surface area contributed by atoms with Gasteiger partial charge >= 0.3 is 5.97 Å². The van der Waals surface area contributed by atoms with Crippen molar-refractivity contribution in [3.63, 3.8) is 0 Å². The van der Waals surface area contributed by atoms with E-state index in [0.717, 1.165) is 0 Å². The van der Waals surface area contributed by atoms with Crippen molar-refractivity contribution in [3.8, 4) is 0 Å². The third-order valence-electron chi connectivity index (χ3n) is 3.26. The van der Waals surface area contributed by atoms with Crippen LogP contribution in [0, 0.1) is 0 Å². The number of amides is 2. The van der Waals surface area contributed by atoms with E-state index in [2.05, 4.69) is 5.32 Å². The van der Waals surface area contributed by atoms with Gasteiger partial charge in [-0.1, -0.05) is 6.92 Å². The number of aryl methyl sites for hydroxylation is 1. The smallest absolute Gasteiger partial charge is 0.339 e. The van der Waals surface area contributed by atoms with Gasteiger partial charge in [-0.05, 0) is 0 Å². The van der Waals surface area contributed by atoms with Crippen molar-refractivity contribution in [2.45, 2.75) is 25.8 Å². The Balaban J connectivity index is 2.10. The summed E-state index contributed by atoms with van der Waals surface area (Å²) in [7, 11) is 1.67. The summed E-state index contributed by atoms with van der Waals surface area (Å²) in [6, 6.07) is 0.945. The molecule has 1 fully saturated rings. The molecule has 1 aromatic heterocycles. The molecule has 7 heteroatoms. The Morgan fingerprint density at radius 3 is 2.70 bits per heavy atom. The van der Waals surface area contributed by atoms with E-state index in [4.69, 9.17) is 9.52 Å². The average Bonchev–Trinajstić information content (AvgIpc) is 2.94. The first-order valence-corrected chi connectivity index (χ1v) is 6.33. The van der Waals surface area contributed by atoms with Crippen molar-refractivity contribution in [1.82, 2.24) is 10.2 Å². The molecule has 1 aliphatic heterocycles. The van der Waals surface area contributed by atoms with Gasteiger partial charge in [0.1, 0.15) is 11.3 Å². The minimum absolute atomic E-state index is 0.00253. The fraction of sp³-hybridized carbons (Fsp3) is 0.462. The third kappa shape index (κ3) is 2.66. The van der Waals surface area contributed by atoms with Gasteiger partial charge in [0, 0.05) is 32.5 Å². The molecule has 2 N–H and O–H groups in total. The normalized spacial score (nSPS) is 18.4. The highest BCUT2D eigenvalue weighted by Crippen LogP contribution is 2.17. The fourth-order valence-electron chi connectivity index (χ4n) is 2.20. The number of hydrogen-bond donors (Lipinski definition) is 2. The van der Waals surface area contributed by atoms with Crippen molar-refractivity contribution in [1.29, 1.82) is 0 Å². The van der Waals surface area contributed by atoms with Crippen molar-refractivity contribution in [3.05, 3.63) is 23.2 Å². The van der Waals surface area contributed by atoms with Crippen molar-refractivity contribution in [2.75, 3.05) is 13.6 Å². The van der Waals surface area contributed by atoms with Crippen LogP contribution in [-0.4, -0.2) is 47.4 Å². The minimum Gasteiger partial charge on any atom is -0.478 e. The third-order valence-corrected chi connectivity index (χ3v) is 3.26. The van der Waals surface area contributed by atoms with Crippen LogP contribution in [0.1, 0.15) is 40.0 Å². The second-order valence-corrected chi connectivity index (χ2v) is 4.75. The lowest BCUT2D eigenvalue weighted by Gasteiger charge is -2.11. The number of likely N-dealkylation sites (N-methyl/N-ethyl adjacent to an activating group) is 1. The van der Waals surface area contributed by atoms with Crippen molar-refractivity contribution in [2.24, 2.45) is 0 Å². The maximum absolute atomic E-state index is 12.0. The molecule has 1 aromatic rings. The van der Waals surface area contributed by atoms with Gasteiger partial charge in [0.2, 0.25) is 5.91 Å². The fourth-order valence-corrected chi connectivity index (χ4v) is 2.20. The van der Waals surface area contributed by atoms with E-state index in [9.17, 15) is 14.4 Å². The number of rotatable bonds is 4. The minimum atomic E-state index is -1.12. The van der Waals surface area contributed by atoms with Crippen LogP contribution >= 0.6 is 0 Å². The molecule has 1 unspecified atom stereocenters. The number of nitrogens with zero attached hydrogens (tertiary/aromatic N) is 1. The molecule has 1 saturated heterocycles. The lowest BCUT2D eigenvalue weighted by Crippen LogP contribution is -2.36. The quantitative estimate of drug-likeness (QED) is 0.836. The molecule has 20 heavy (non-hydrogen) atoms. The second kappa shape index (κ2) is 5.36. The molecule has 0 bridgehead atoms. The maximum Gasteiger partial charge on any atom is 0.339 e. The predicted octanol–water partition coefficient (Wildman–Crippen LogP) is 0.501. The summed E-state index contributed by atoms with van der Waals surface area (Å²) in [5.41, 5.74) is -0.00253. The van der Waals surface area contributed by atoms with E-state index in [0.29, 0.717) is 13.0 Å². The highest BCUT2D eigenvalue weighted by molar-refractivity contribution is 5.96. The molecule has 2 rings (SSSR count). The summed E-state index contributed by atoms with van der Waals surface area (Å²) >= 11 is 0. The number of carboxylic acid groups (broad SMARTS) is 1. The van der Waals surface area contributed by atoms with Crippen molar-refractivity contribution >= 4 is 17.8 Å². The number of nitrogens with one attached hydrogen (secondary N) is 1. The van der Waals surface area contributed by atoms with E-state index in [1.165, 1.54) is 11.0 Å². The van der Waals surface area contributed by atoms with Gasteiger partial charge in [0.15, 0.2) is 5.76 Å². The van der Waals surface area contributed by atoms with Crippen LogP contribution in [0.25, 0.3) is 0 Å². The zero-order valence-corrected chi connectivity index (χ0v) is 11.3. The first kappa shape index (κ1) is 14.1. The lowest BCUT2D eigenvalue weighted by atomic mass is 10.2. The highest BCUT2D eigenvalue weighted by atomic mass is 16.4. The molecular formula is C13H16N2O5. The first-order valence-electron chi connectivity index (χ1n) is 6.33. The predicted molar refractivity (Wildman–Crippen MR) is 68.6 cm³/mol. The summed E-state index contributed by atoms with van der Waals surface area (Å²) in [5, 5.41) is 11.7. The van der Waals surface area contributed by atoms with Crippen LogP contribution in [0.2, 0.25) is 0 Å². The van der Waals surface area contributed by atoms with Gasteiger partial charge in [-0.2, -0.15) is 0 Å². The Morgan fingerprint density at radius 1 is 1.55 bits per heavy atom. The second-order valence-electron chi connectivity index (χ2n) is 4.75. The van der Waals surface area contributed by atoms with E-state index < -0.39 is 11.9 Å². The lowest BCUT2D eigenvalue weighted by molar-refractivity contribution is -0.126. The van der Waals surface area contributed by atoms with E-state index in [1.807, 2.05) is 0 Å². The number of likely N-dealkylation sites (tertiary alicyclic amines) is 1. The standard InChI is InChI=1S/C13H16N2O5/c1-3-9-8(13(18)19)5-10(20-9)12(17)14-7-4-11(16)15(2)6-7/h5,7H,3-4,6H2,1-2H3,(H,14,17)(H,18,19). The number of aromatic carboxylic acids is 1. The monoisotopic (exact) mass is 280 g/mol. The Morgan fingerprint density at radius 2 is 2.25 bits per heavy atom. The average molecular weight is 280 g/mol. The van der Waals surface area contributed by atoms with Gasteiger partial charge in [0.05, 0.1) is 6.04 Å². The van der Waals surface area contributed by atoms with Crippen LogP contribution in [0.15, 0.2) is 10.5 Å². The van der Waals surface area contributed by atoms with Crippen LogP contribution in [-0.2, 0) is 11.2 Å². The summed E-state index contributed by atoms with van der Waals surface area (Å²) < 4.78 is 5.26. The molecule has 0 radical (unpaired) electrons. The summed E-state index contributed by atoms with van der Waals surface area (Å²) in [6.07, 6.45) is 0.634. The largest absolute Gasteiger partial charge is 0.478 e. The Hall–Kier alpha value is -2.31. The maximum atomic E-state index is 12.0. The molecule has 0 saturated carbocycles. The summed E-state index contributed by atoms with van der Waals surface area (Å²) in [5.74, 6) is -1.43. The van der Waals surface area contributed by atoms with Gasteiger partial charge in [0.25, 0.3) is 5.91 Å². The highest BCUT2D eigenvalue weighted by Gasteiger charge is 2.29. The van der Waals surface area contributed by atoms with E-state index in [1.54, 1.807) is 14.0 Å². The van der Waals surface area contributed by atoms with E-state index >= 15 is 0 Å². The summed E-state index contributed by atoms with van der Waals surface area (Å²) in [6.45, 7) is 2.19. The molecular weight excluding hydrogens is 264 g/mol. The van der Waals surface area contributed by atoms with Crippen LogP contribution in [0.5, 0.6) is 0 Å². The summed E-state index contributed by atoms with van der Waals surface area (Å²) in [4.78, 5) is 35.9. The number of furan rings is 1. The number of hydrogen-bond acceptors (Lipinski definition) is 4. The zero-order chi connectivity index (χ0) is 14.9. The number of carbonyl (C=O) groups is 3. The first-order chi connectivity index (χ1) is 9.42. The van der Waals surface area contributed by atoms with Crippen LogP contribution < -0.4 is 5.32 Å². The van der Waals surface area contributed by atoms with Gasteiger partial charge in [-0.25, -0.2) is 4.79 Å². The topological polar surface area (TPSA) is 99.9 Å². The molecule has 7 nitrogen and oxygen atoms in total. The molecule has 0 aliphatic carbocycles. The van der Waals surface area contributed by atoms with Crippen molar-refractivity contribution < 1.29 is 23.9 Å². The Labute approximate surface area is 115 Å². The van der Waals surface area contributed by atoms with Crippen LogP contribution in [0.4, 0.5) is 0 Å². The molecule has 2 amide bonds. The van der Waals surface area contributed by atoms with E-state index in [-0.39, 0.29) is 35.5 Å². The molecule has 2 heterocycles. The molecule has 1 aliphatic rings. The van der Waals surface area contributed by atoms with Crippen LogP contribution in [0.3, 0.4) is 0 Å². The number of carboxylic acids is 1. The Bertz CT molecular complexity index is 563.